The van der Waals surface area contributed by atoms with Crippen molar-refractivity contribution in [3.8, 4) is 5.75 Å². The summed E-state index contributed by atoms with van der Waals surface area (Å²) in [7, 11) is 1.66. The van der Waals surface area contributed by atoms with Crippen molar-refractivity contribution in [2.24, 2.45) is 0 Å². The fraction of sp³-hybridized carbons (Fsp3) is 0.538. The van der Waals surface area contributed by atoms with Crippen molar-refractivity contribution in [2.45, 2.75) is 32.4 Å². The van der Waals surface area contributed by atoms with E-state index in [2.05, 4.69) is 19.2 Å². The molecule has 1 aromatic rings. The number of hydrogen-bond donors (Lipinski definition) is 1. The van der Waals surface area contributed by atoms with Crippen LogP contribution in [0.3, 0.4) is 0 Å². The molecular formula is C13H19Cl2NO. The van der Waals surface area contributed by atoms with Crippen LogP contribution < -0.4 is 10.1 Å². The Kier molecular flexibility index (Phi) is 5.57. The number of rotatable bonds is 6. The molecule has 0 heterocycles. The Balaban J connectivity index is 2.77. The molecule has 0 aliphatic heterocycles. The predicted octanol–water partition coefficient (Wildman–Crippen LogP) is 3.85. The predicted molar refractivity (Wildman–Crippen MR) is 74.3 cm³/mol. The van der Waals surface area contributed by atoms with Crippen LogP contribution in [0.4, 0.5) is 0 Å². The summed E-state index contributed by atoms with van der Waals surface area (Å²) in [5.74, 6) is 1.42. The van der Waals surface area contributed by atoms with Crippen LogP contribution in [0.25, 0.3) is 0 Å². The zero-order chi connectivity index (χ0) is 12.9. The lowest BCUT2D eigenvalue weighted by atomic mass is 10.0. The van der Waals surface area contributed by atoms with Crippen molar-refractivity contribution in [2.75, 3.05) is 13.0 Å². The highest BCUT2D eigenvalue weighted by molar-refractivity contribution is 6.30. The number of benzene rings is 1. The van der Waals surface area contributed by atoms with E-state index in [0.29, 0.717) is 17.4 Å². The molecule has 0 saturated heterocycles. The first kappa shape index (κ1) is 14.6. The highest BCUT2D eigenvalue weighted by Crippen LogP contribution is 2.23. The largest absolute Gasteiger partial charge is 0.496 e. The van der Waals surface area contributed by atoms with Gasteiger partial charge in [0.2, 0.25) is 0 Å². The molecule has 0 fully saturated rings. The average molecular weight is 276 g/mol. The lowest BCUT2D eigenvalue weighted by Gasteiger charge is -2.27. The van der Waals surface area contributed by atoms with Crippen LogP contribution in [-0.4, -0.2) is 18.5 Å². The second kappa shape index (κ2) is 6.48. The van der Waals surface area contributed by atoms with Gasteiger partial charge in [-0.2, -0.15) is 0 Å². The third kappa shape index (κ3) is 4.06. The highest BCUT2D eigenvalue weighted by Gasteiger charge is 2.20. The van der Waals surface area contributed by atoms with E-state index in [1.807, 2.05) is 18.2 Å². The van der Waals surface area contributed by atoms with Gasteiger partial charge in [-0.3, -0.25) is 0 Å². The third-order valence-electron chi connectivity index (χ3n) is 3.02. The van der Waals surface area contributed by atoms with Crippen LogP contribution in [0.2, 0.25) is 5.02 Å². The van der Waals surface area contributed by atoms with Crippen LogP contribution in [0.5, 0.6) is 5.75 Å². The van der Waals surface area contributed by atoms with Crippen molar-refractivity contribution in [1.29, 1.82) is 0 Å². The van der Waals surface area contributed by atoms with Crippen LogP contribution in [0, 0.1) is 0 Å². The van der Waals surface area contributed by atoms with E-state index in [1.165, 1.54) is 0 Å². The quantitative estimate of drug-likeness (QED) is 0.797. The lowest BCUT2D eigenvalue weighted by Crippen LogP contribution is -2.43. The van der Waals surface area contributed by atoms with Crippen LogP contribution in [0.15, 0.2) is 18.2 Å². The SMILES string of the molecule is CCC(C)(CCl)NCc1cc(Cl)ccc1OC. The monoisotopic (exact) mass is 275 g/mol. The fourth-order valence-corrected chi connectivity index (χ4v) is 1.94. The Labute approximate surface area is 113 Å². The zero-order valence-corrected chi connectivity index (χ0v) is 12.0. The molecule has 1 atom stereocenters. The second-order valence-corrected chi connectivity index (χ2v) is 5.06. The van der Waals surface area contributed by atoms with Gasteiger partial charge in [-0.05, 0) is 31.5 Å². The van der Waals surface area contributed by atoms with E-state index in [1.54, 1.807) is 7.11 Å². The first-order chi connectivity index (χ1) is 8.04. The number of nitrogens with one attached hydrogen (secondary N) is 1. The van der Waals surface area contributed by atoms with Gasteiger partial charge in [-0.25, -0.2) is 0 Å². The molecule has 0 aliphatic carbocycles. The van der Waals surface area contributed by atoms with Crippen LogP contribution in [-0.2, 0) is 6.54 Å². The molecule has 0 saturated carbocycles. The van der Waals surface area contributed by atoms with Gasteiger partial charge in [0.25, 0.3) is 0 Å². The molecule has 17 heavy (non-hydrogen) atoms. The number of ether oxygens (including phenoxy) is 1. The molecule has 2 nitrogen and oxygen atoms in total. The minimum Gasteiger partial charge on any atom is -0.496 e. The smallest absolute Gasteiger partial charge is 0.123 e. The van der Waals surface area contributed by atoms with E-state index in [-0.39, 0.29) is 5.54 Å². The molecule has 0 bridgehead atoms. The Morgan fingerprint density at radius 1 is 1.41 bits per heavy atom. The van der Waals surface area contributed by atoms with Crippen molar-refractivity contribution >= 4 is 23.2 Å². The molecule has 96 valence electrons. The summed E-state index contributed by atoms with van der Waals surface area (Å²) in [5.41, 5.74) is 0.985. The van der Waals surface area contributed by atoms with Gasteiger partial charge < -0.3 is 10.1 Å². The molecule has 1 rings (SSSR count). The Hall–Kier alpha value is -0.440. The van der Waals surface area contributed by atoms with Gasteiger partial charge in [0, 0.05) is 28.5 Å². The fourth-order valence-electron chi connectivity index (χ4n) is 1.46. The summed E-state index contributed by atoms with van der Waals surface area (Å²) in [4.78, 5) is 0. The van der Waals surface area contributed by atoms with Crippen molar-refractivity contribution in [3.05, 3.63) is 28.8 Å². The number of methoxy groups -OCH3 is 1. The first-order valence-corrected chi connectivity index (χ1v) is 6.59. The molecule has 0 aliphatic rings. The molecule has 1 aromatic carbocycles. The summed E-state index contributed by atoms with van der Waals surface area (Å²) < 4.78 is 5.30. The van der Waals surface area contributed by atoms with E-state index in [4.69, 9.17) is 27.9 Å². The molecule has 0 spiro atoms. The normalized spacial score (nSPS) is 14.4. The van der Waals surface area contributed by atoms with E-state index >= 15 is 0 Å². The topological polar surface area (TPSA) is 21.3 Å². The van der Waals surface area contributed by atoms with Crippen molar-refractivity contribution < 1.29 is 4.74 Å². The maximum atomic E-state index is 5.98. The summed E-state index contributed by atoms with van der Waals surface area (Å²) in [6, 6.07) is 5.62. The summed E-state index contributed by atoms with van der Waals surface area (Å²) in [6.45, 7) is 4.92. The minimum absolute atomic E-state index is 0.0606. The van der Waals surface area contributed by atoms with Gasteiger partial charge in [0.15, 0.2) is 0 Å². The highest BCUT2D eigenvalue weighted by atomic mass is 35.5. The molecule has 4 heteroatoms. The zero-order valence-electron chi connectivity index (χ0n) is 10.5. The second-order valence-electron chi connectivity index (χ2n) is 4.36. The Bertz CT molecular complexity index is 364. The molecule has 0 radical (unpaired) electrons. The van der Waals surface area contributed by atoms with E-state index < -0.39 is 0 Å². The number of halogens is 2. The third-order valence-corrected chi connectivity index (χ3v) is 3.85. The summed E-state index contributed by atoms with van der Waals surface area (Å²) in [5, 5.41) is 4.16. The average Bonchev–Trinajstić information content (AvgIpc) is 2.36. The van der Waals surface area contributed by atoms with Gasteiger partial charge in [-0.1, -0.05) is 18.5 Å². The maximum Gasteiger partial charge on any atom is 0.123 e. The number of hydrogen-bond acceptors (Lipinski definition) is 2. The van der Waals surface area contributed by atoms with E-state index in [0.717, 1.165) is 17.7 Å². The van der Waals surface area contributed by atoms with Gasteiger partial charge >= 0.3 is 0 Å². The summed E-state index contributed by atoms with van der Waals surface area (Å²) in [6.07, 6.45) is 0.972. The first-order valence-electron chi connectivity index (χ1n) is 5.68. The van der Waals surface area contributed by atoms with Crippen LogP contribution >= 0.6 is 23.2 Å². The molecular weight excluding hydrogens is 257 g/mol. The molecule has 1 N–H and O–H groups in total. The lowest BCUT2D eigenvalue weighted by molar-refractivity contribution is 0.368. The van der Waals surface area contributed by atoms with Gasteiger partial charge in [-0.15, -0.1) is 11.6 Å². The Morgan fingerprint density at radius 2 is 2.12 bits per heavy atom. The number of alkyl halides is 1. The van der Waals surface area contributed by atoms with Crippen molar-refractivity contribution in [3.63, 3.8) is 0 Å². The summed E-state index contributed by atoms with van der Waals surface area (Å²) >= 11 is 11.9. The minimum atomic E-state index is -0.0606. The van der Waals surface area contributed by atoms with Gasteiger partial charge in [0.1, 0.15) is 5.75 Å². The Morgan fingerprint density at radius 3 is 2.65 bits per heavy atom. The van der Waals surface area contributed by atoms with Crippen LogP contribution in [0.1, 0.15) is 25.8 Å². The standard InChI is InChI=1S/C13H19Cl2NO/c1-4-13(2,9-14)16-8-10-7-11(15)5-6-12(10)17-3/h5-7,16H,4,8-9H2,1-3H3. The molecule has 0 aromatic heterocycles. The maximum absolute atomic E-state index is 5.98. The molecule has 1 unspecified atom stereocenters. The van der Waals surface area contributed by atoms with E-state index in [9.17, 15) is 0 Å². The van der Waals surface area contributed by atoms with Crippen molar-refractivity contribution in [1.82, 2.24) is 5.32 Å². The molecule has 0 amide bonds. The van der Waals surface area contributed by atoms with Gasteiger partial charge in [0.05, 0.1) is 7.11 Å².